The molecular formula is C21H22N8O2. The fourth-order valence-electron chi connectivity index (χ4n) is 3.84. The number of anilines is 1. The standard InChI is InChI=1S/C21H22N8O2/c1-27-18(11-17(25-27)14-4-3-5-16(10-14)31-2)21(30)23-15-8-9-28(12-15)20-7-6-19-24-22-13-29(19)26-20/h3-7,10-11,13,15H,8-9,12H2,1-2H3,(H,23,30)/t15-/m0/s1. The van der Waals surface area contributed by atoms with Crippen molar-refractivity contribution in [1.29, 1.82) is 0 Å². The van der Waals surface area contributed by atoms with Crippen LogP contribution >= 0.6 is 0 Å². The van der Waals surface area contributed by atoms with Gasteiger partial charge >= 0.3 is 0 Å². The van der Waals surface area contributed by atoms with E-state index in [1.807, 2.05) is 36.4 Å². The zero-order valence-electron chi connectivity index (χ0n) is 17.3. The number of rotatable bonds is 5. The summed E-state index contributed by atoms with van der Waals surface area (Å²) in [6, 6.07) is 13.3. The minimum absolute atomic E-state index is 0.0288. The van der Waals surface area contributed by atoms with Gasteiger partial charge in [-0.1, -0.05) is 12.1 Å². The van der Waals surface area contributed by atoms with Crippen molar-refractivity contribution in [2.75, 3.05) is 25.1 Å². The molecule has 1 amide bonds. The van der Waals surface area contributed by atoms with Gasteiger partial charge in [-0.2, -0.15) is 9.61 Å². The second kappa shape index (κ2) is 7.71. The van der Waals surface area contributed by atoms with Crippen molar-refractivity contribution in [3.05, 3.63) is 54.5 Å². The van der Waals surface area contributed by atoms with E-state index >= 15 is 0 Å². The van der Waals surface area contributed by atoms with Crippen molar-refractivity contribution in [3.63, 3.8) is 0 Å². The van der Waals surface area contributed by atoms with Gasteiger partial charge in [-0.15, -0.1) is 15.3 Å². The molecular weight excluding hydrogens is 396 g/mol. The lowest BCUT2D eigenvalue weighted by atomic mass is 10.1. The zero-order valence-corrected chi connectivity index (χ0v) is 17.3. The SMILES string of the molecule is COc1cccc(-c2cc(C(=O)N[C@H]3CCN(c4ccc5nncn5n4)C3)n(C)n2)c1. The molecule has 31 heavy (non-hydrogen) atoms. The summed E-state index contributed by atoms with van der Waals surface area (Å²) in [7, 11) is 3.40. The van der Waals surface area contributed by atoms with Crippen molar-refractivity contribution in [1.82, 2.24) is 34.9 Å². The van der Waals surface area contributed by atoms with Gasteiger partial charge in [-0.3, -0.25) is 9.48 Å². The van der Waals surface area contributed by atoms with E-state index in [4.69, 9.17) is 4.74 Å². The maximum Gasteiger partial charge on any atom is 0.269 e. The van der Waals surface area contributed by atoms with Crippen LogP contribution in [0.25, 0.3) is 16.9 Å². The lowest BCUT2D eigenvalue weighted by Gasteiger charge is -2.17. The fraction of sp³-hybridized carbons (Fsp3) is 0.286. The zero-order chi connectivity index (χ0) is 21.4. The van der Waals surface area contributed by atoms with E-state index in [1.165, 1.54) is 0 Å². The molecule has 1 aliphatic rings. The monoisotopic (exact) mass is 418 g/mol. The summed E-state index contributed by atoms with van der Waals surface area (Å²) in [5, 5.41) is 20.0. The summed E-state index contributed by atoms with van der Waals surface area (Å²) in [5.74, 6) is 1.45. The van der Waals surface area contributed by atoms with E-state index in [-0.39, 0.29) is 11.9 Å². The van der Waals surface area contributed by atoms with E-state index in [1.54, 1.807) is 35.7 Å². The maximum absolute atomic E-state index is 12.9. The van der Waals surface area contributed by atoms with E-state index in [0.29, 0.717) is 17.9 Å². The smallest absolute Gasteiger partial charge is 0.269 e. The van der Waals surface area contributed by atoms with Crippen LogP contribution < -0.4 is 15.0 Å². The minimum Gasteiger partial charge on any atom is -0.497 e. The predicted molar refractivity (Wildman–Crippen MR) is 114 cm³/mol. The Kier molecular flexibility index (Phi) is 4.73. The molecule has 1 N–H and O–H groups in total. The van der Waals surface area contributed by atoms with Gasteiger partial charge in [0, 0.05) is 31.7 Å². The number of methoxy groups -OCH3 is 1. The third-order valence-electron chi connectivity index (χ3n) is 5.47. The Balaban J connectivity index is 1.27. The maximum atomic E-state index is 12.9. The van der Waals surface area contributed by atoms with Gasteiger partial charge in [-0.05, 0) is 36.8 Å². The van der Waals surface area contributed by atoms with Crippen LogP contribution in [0.1, 0.15) is 16.9 Å². The summed E-state index contributed by atoms with van der Waals surface area (Å²) < 4.78 is 8.54. The highest BCUT2D eigenvalue weighted by Crippen LogP contribution is 2.24. The molecule has 1 saturated heterocycles. The second-order valence-electron chi connectivity index (χ2n) is 7.50. The quantitative estimate of drug-likeness (QED) is 0.524. The Labute approximate surface area is 178 Å². The van der Waals surface area contributed by atoms with Gasteiger partial charge in [0.1, 0.15) is 23.6 Å². The van der Waals surface area contributed by atoms with Gasteiger partial charge in [0.2, 0.25) is 0 Å². The van der Waals surface area contributed by atoms with Gasteiger partial charge in [0.25, 0.3) is 5.91 Å². The molecule has 0 unspecified atom stereocenters. The first-order valence-corrected chi connectivity index (χ1v) is 10.0. The van der Waals surface area contributed by atoms with Gasteiger partial charge in [0.05, 0.1) is 12.8 Å². The van der Waals surface area contributed by atoms with E-state index in [0.717, 1.165) is 35.8 Å². The Hall–Kier alpha value is -3.95. The van der Waals surface area contributed by atoms with Crippen molar-refractivity contribution in [2.24, 2.45) is 7.05 Å². The van der Waals surface area contributed by atoms with Crippen LogP contribution in [0.15, 0.2) is 48.8 Å². The van der Waals surface area contributed by atoms with Crippen LogP contribution in [-0.4, -0.2) is 61.7 Å². The number of fused-ring (bicyclic) bond motifs is 1. The van der Waals surface area contributed by atoms with Crippen molar-refractivity contribution < 1.29 is 9.53 Å². The fourth-order valence-corrected chi connectivity index (χ4v) is 3.84. The first-order valence-electron chi connectivity index (χ1n) is 10.0. The Morgan fingerprint density at radius 1 is 1.19 bits per heavy atom. The molecule has 0 aliphatic carbocycles. The van der Waals surface area contributed by atoms with Crippen LogP contribution in [0.3, 0.4) is 0 Å². The third-order valence-corrected chi connectivity index (χ3v) is 5.47. The number of carbonyl (C=O) groups is 1. The Morgan fingerprint density at radius 3 is 2.97 bits per heavy atom. The lowest BCUT2D eigenvalue weighted by molar-refractivity contribution is 0.0931. The molecule has 1 fully saturated rings. The van der Waals surface area contributed by atoms with Crippen molar-refractivity contribution in [2.45, 2.75) is 12.5 Å². The van der Waals surface area contributed by atoms with Crippen molar-refractivity contribution >= 4 is 17.4 Å². The summed E-state index contributed by atoms with van der Waals surface area (Å²) in [5.41, 5.74) is 2.85. The molecule has 1 atom stereocenters. The van der Waals surface area contributed by atoms with Crippen molar-refractivity contribution in [3.8, 4) is 17.0 Å². The number of nitrogens with zero attached hydrogens (tertiary/aromatic N) is 7. The summed E-state index contributed by atoms with van der Waals surface area (Å²) in [4.78, 5) is 15.1. The Bertz CT molecular complexity index is 1250. The van der Waals surface area contributed by atoms with Crippen LogP contribution in [-0.2, 0) is 7.05 Å². The molecule has 0 saturated carbocycles. The van der Waals surface area contributed by atoms with E-state index in [9.17, 15) is 4.79 Å². The average Bonchev–Trinajstić information content (AvgIpc) is 3.52. The number of hydrogen-bond donors (Lipinski definition) is 1. The molecule has 4 heterocycles. The highest BCUT2D eigenvalue weighted by atomic mass is 16.5. The minimum atomic E-state index is -0.141. The molecule has 3 aromatic heterocycles. The molecule has 5 rings (SSSR count). The molecule has 0 radical (unpaired) electrons. The molecule has 10 nitrogen and oxygen atoms in total. The first-order chi connectivity index (χ1) is 15.1. The molecule has 0 spiro atoms. The molecule has 1 aliphatic heterocycles. The number of benzene rings is 1. The molecule has 4 aromatic rings. The molecule has 158 valence electrons. The highest BCUT2D eigenvalue weighted by Gasteiger charge is 2.26. The van der Waals surface area contributed by atoms with Crippen LogP contribution in [0.2, 0.25) is 0 Å². The normalized spacial score (nSPS) is 16.1. The topological polar surface area (TPSA) is 102 Å². The predicted octanol–water partition coefficient (Wildman–Crippen LogP) is 1.54. The lowest BCUT2D eigenvalue weighted by Crippen LogP contribution is -2.38. The summed E-state index contributed by atoms with van der Waals surface area (Å²) in [6.45, 7) is 1.50. The van der Waals surface area contributed by atoms with Crippen LogP contribution in [0, 0.1) is 0 Å². The molecule has 1 aromatic carbocycles. The van der Waals surface area contributed by atoms with Gasteiger partial charge in [-0.25, -0.2) is 0 Å². The number of aryl methyl sites for hydroxylation is 1. The average molecular weight is 418 g/mol. The summed E-state index contributed by atoms with van der Waals surface area (Å²) >= 11 is 0. The number of nitrogens with one attached hydrogen (secondary N) is 1. The Morgan fingerprint density at radius 2 is 2.10 bits per heavy atom. The second-order valence-corrected chi connectivity index (χ2v) is 7.50. The van der Waals surface area contributed by atoms with Gasteiger partial charge in [0.15, 0.2) is 5.65 Å². The number of aromatic nitrogens is 6. The number of amides is 1. The molecule has 0 bridgehead atoms. The van der Waals surface area contributed by atoms with Crippen LogP contribution in [0.4, 0.5) is 5.82 Å². The van der Waals surface area contributed by atoms with Gasteiger partial charge < -0.3 is 15.0 Å². The number of carbonyl (C=O) groups excluding carboxylic acids is 1. The number of hydrogen-bond acceptors (Lipinski definition) is 7. The van der Waals surface area contributed by atoms with E-state index < -0.39 is 0 Å². The largest absolute Gasteiger partial charge is 0.497 e. The third kappa shape index (κ3) is 3.67. The van der Waals surface area contributed by atoms with E-state index in [2.05, 4.69) is 30.6 Å². The highest BCUT2D eigenvalue weighted by molar-refractivity contribution is 5.94. The summed E-state index contributed by atoms with van der Waals surface area (Å²) in [6.07, 6.45) is 2.42. The number of ether oxygens (including phenoxy) is 1. The first kappa shape index (κ1) is 19.0. The molecule has 10 heteroatoms. The van der Waals surface area contributed by atoms with Crippen LogP contribution in [0.5, 0.6) is 5.75 Å².